The molecule has 0 saturated carbocycles. The van der Waals surface area contributed by atoms with Crippen LogP contribution in [0, 0.1) is 11.3 Å². The van der Waals surface area contributed by atoms with Crippen molar-refractivity contribution in [2.75, 3.05) is 11.9 Å². The Bertz CT molecular complexity index is 1440. The summed E-state index contributed by atoms with van der Waals surface area (Å²) in [5.74, 6) is 1.48. The molecule has 0 spiro atoms. The number of anilines is 2. The summed E-state index contributed by atoms with van der Waals surface area (Å²) in [6.07, 6.45) is 3.38. The molecule has 0 aliphatic heterocycles. The van der Waals surface area contributed by atoms with E-state index in [0.717, 1.165) is 22.3 Å². The number of nitriles is 1. The van der Waals surface area contributed by atoms with E-state index in [4.69, 9.17) is 4.74 Å². The number of nitrogens with zero attached hydrogens (tertiary/aromatic N) is 4. The molecule has 2 aromatic heterocycles. The largest absolute Gasteiger partial charge is 0.457 e. The fraction of sp³-hybridized carbons (Fsp3) is 0.231. The average Bonchev–Trinajstić information content (AvgIpc) is 3.29. The second-order valence-corrected chi connectivity index (χ2v) is 9.35. The Balaban J connectivity index is 1.56. The number of aliphatic hydroxyl groups excluding tert-OH is 1. The highest BCUT2D eigenvalue weighted by molar-refractivity contribution is 14.1. The first-order valence-corrected chi connectivity index (χ1v) is 12.7. The predicted octanol–water partition coefficient (Wildman–Crippen LogP) is 4.93. The molecule has 1 amide bonds. The van der Waals surface area contributed by atoms with Gasteiger partial charge < -0.3 is 25.0 Å². The zero-order chi connectivity index (χ0) is 25.7. The van der Waals surface area contributed by atoms with E-state index in [0.29, 0.717) is 33.9 Å². The van der Waals surface area contributed by atoms with Crippen molar-refractivity contribution in [2.45, 2.75) is 30.4 Å². The molecule has 4 rings (SSSR count). The number of carbonyl (C=O) groups is 1. The number of alkyl halides is 1. The van der Waals surface area contributed by atoms with Crippen LogP contribution in [-0.2, 0) is 11.0 Å². The molecule has 0 unspecified atom stereocenters. The number of fused-ring (bicyclic) bond motifs is 1. The van der Waals surface area contributed by atoms with Crippen molar-refractivity contribution >= 4 is 51.0 Å². The molecule has 0 aliphatic carbocycles. The van der Waals surface area contributed by atoms with Gasteiger partial charge >= 0.3 is 0 Å². The van der Waals surface area contributed by atoms with Crippen LogP contribution in [0.3, 0.4) is 0 Å². The molecule has 9 nitrogen and oxygen atoms in total. The summed E-state index contributed by atoms with van der Waals surface area (Å²) in [6, 6.07) is 16.5. The minimum Gasteiger partial charge on any atom is -0.457 e. The first-order chi connectivity index (χ1) is 17.3. The summed E-state index contributed by atoms with van der Waals surface area (Å²) in [5, 5.41) is 24.6. The number of halogens is 1. The van der Waals surface area contributed by atoms with Gasteiger partial charge in [-0.05, 0) is 56.3 Å². The lowest BCUT2D eigenvalue weighted by Crippen LogP contribution is -2.42. The molecule has 3 N–H and O–H groups in total. The molecule has 10 heteroatoms. The summed E-state index contributed by atoms with van der Waals surface area (Å²) in [6.45, 7) is 3.75. The summed E-state index contributed by atoms with van der Waals surface area (Å²) >= 11 is 2.28. The zero-order valence-electron chi connectivity index (χ0n) is 19.8. The van der Waals surface area contributed by atoms with Gasteiger partial charge in [0.05, 0.1) is 18.2 Å². The van der Waals surface area contributed by atoms with Gasteiger partial charge in [0.25, 0.3) is 5.91 Å². The third-order valence-electron chi connectivity index (χ3n) is 5.39. The number of hydrogen-bond acceptors (Lipinski definition) is 7. The Labute approximate surface area is 222 Å². The first kappa shape index (κ1) is 25.4. The number of carbonyl (C=O) groups excluding carboxylic acids is 1. The highest BCUT2D eigenvalue weighted by Gasteiger charge is 2.20. The number of aliphatic hydroxyl groups is 1. The minimum atomic E-state index is -0.972. The van der Waals surface area contributed by atoms with E-state index < -0.39 is 5.54 Å². The van der Waals surface area contributed by atoms with Crippen molar-refractivity contribution < 1.29 is 14.6 Å². The summed E-state index contributed by atoms with van der Waals surface area (Å²) in [7, 11) is 0. The Hall–Kier alpha value is -3.69. The van der Waals surface area contributed by atoms with E-state index in [9.17, 15) is 15.2 Å². The van der Waals surface area contributed by atoms with Gasteiger partial charge in [-0.3, -0.25) is 4.79 Å². The second kappa shape index (κ2) is 10.9. The van der Waals surface area contributed by atoms with E-state index in [-0.39, 0.29) is 12.5 Å². The molecule has 2 heterocycles. The van der Waals surface area contributed by atoms with Gasteiger partial charge in [-0.2, -0.15) is 5.26 Å². The quantitative estimate of drug-likeness (QED) is 0.185. The monoisotopic (exact) mass is 596 g/mol. The fourth-order valence-corrected chi connectivity index (χ4v) is 4.22. The molecule has 2 aromatic carbocycles. The number of amides is 1. The summed E-state index contributed by atoms with van der Waals surface area (Å²) in [5.41, 5.74) is 2.83. The highest BCUT2D eigenvalue weighted by atomic mass is 127. The number of nitrogens with one attached hydrogen (secondary N) is 2. The van der Waals surface area contributed by atoms with Crippen molar-refractivity contribution in [1.82, 2.24) is 19.9 Å². The highest BCUT2D eigenvalue weighted by Crippen LogP contribution is 2.32. The van der Waals surface area contributed by atoms with Crippen LogP contribution in [0.4, 0.5) is 11.5 Å². The van der Waals surface area contributed by atoms with Crippen molar-refractivity contribution in [3.8, 4) is 17.6 Å². The number of rotatable bonds is 9. The van der Waals surface area contributed by atoms with Crippen LogP contribution in [0.5, 0.6) is 11.5 Å². The second-order valence-electron chi connectivity index (χ2n) is 8.59. The standard InChI is InChI=1S/C26H25IN6O3/c1-26(2,15-28)32-25(35)17-4-3-5-20(13-17)36-22-7-6-19(12-18(22)14-27)31-24-23-21(29-16-30-24)8-9-33(23)10-11-34/h3-9,12-13,16,34H,10-11,14H2,1-2H3,(H,32,35)(H,29,30,31). The topological polar surface area (TPSA) is 125 Å². The lowest BCUT2D eigenvalue weighted by atomic mass is 10.1. The zero-order valence-corrected chi connectivity index (χ0v) is 22.0. The van der Waals surface area contributed by atoms with Crippen LogP contribution in [-0.4, -0.2) is 37.7 Å². The molecule has 4 aromatic rings. The van der Waals surface area contributed by atoms with E-state index in [1.807, 2.05) is 35.0 Å². The minimum absolute atomic E-state index is 0.0160. The van der Waals surface area contributed by atoms with Crippen molar-refractivity contribution in [3.63, 3.8) is 0 Å². The molecule has 184 valence electrons. The third kappa shape index (κ3) is 5.75. The Morgan fingerprint density at radius 1 is 1.22 bits per heavy atom. The van der Waals surface area contributed by atoms with E-state index in [1.165, 1.54) is 6.33 Å². The predicted molar refractivity (Wildman–Crippen MR) is 146 cm³/mol. The Kier molecular flexibility index (Phi) is 7.71. The Morgan fingerprint density at radius 3 is 2.81 bits per heavy atom. The molecule has 0 saturated heterocycles. The van der Waals surface area contributed by atoms with Crippen LogP contribution >= 0.6 is 22.6 Å². The number of aromatic nitrogens is 3. The smallest absolute Gasteiger partial charge is 0.252 e. The van der Waals surface area contributed by atoms with Crippen LogP contribution in [0.15, 0.2) is 61.1 Å². The Morgan fingerprint density at radius 2 is 2.06 bits per heavy atom. The SMILES string of the molecule is CC(C)(C#N)NC(=O)c1cccc(Oc2ccc(Nc3ncnc4ccn(CCO)c34)cc2CI)c1. The van der Waals surface area contributed by atoms with E-state index in [2.05, 4.69) is 49.3 Å². The van der Waals surface area contributed by atoms with E-state index >= 15 is 0 Å². The average molecular weight is 596 g/mol. The van der Waals surface area contributed by atoms with Crippen molar-refractivity contribution in [2.24, 2.45) is 0 Å². The number of ether oxygens (including phenoxy) is 1. The molecule has 36 heavy (non-hydrogen) atoms. The number of benzene rings is 2. The summed E-state index contributed by atoms with van der Waals surface area (Å²) < 4.78 is 8.73. The first-order valence-electron chi connectivity index (χ1n) is 11.2. The normalized spacial score (nSPS) is 11.2. The van der Waals surface area contributed by atoms with Gasteiger partial charge in [0, 0.05) is 34.0 Å². The molecule has 0 fully saturated rings. The van der Waals surface area contributed by atoms with Crippen LogP contribution in [0.2, 0.25) is 0 Å². The van der Waals surface area contributed by atoms with Crippen molar-refractivity contribution in [3.05, 3.63) is 72.2 Å². The van der Waals surface area contributed by atoms with Crippen LogP contribution in [0.1, 0.15) is 29.8 Å². The van der Waals surface area contributed by atoms with Gasteiger partial charge in [0.2, 0.25) is 0 Å². The molecule has 0 bridgehead atoms. The maximum atomic E-state index is 12.6. The lowest BCUT2D eigenvalue weighted by molar-refractivity contribution is 0.0929. The number of hydrogen-bond donors (Lipinski definition) is 3. The molecular weight excluding hydrogens is 571 g/mol. The van der Waals surface area contributed by atoms with Crippen LogP contribution in [0.25, 0.3) is 11.0 Å². The van der Waals surface area contributed by atoms with Gasteiger partial charge in [-0.25, -0.2) is 9.97 Å². The maximum Gasteiger partial charge on any atom is 0.252 e. The van der Waals surface area contributed by atoms with Crippen LogP contribution < -0.4 is 15.4 Å². The van der Waals surface area contributed by atoms with E-state index in [1.54, 1.807) is 38.1 Å². The van der Waals surface area contributed by atoms with Gasteiger partial charge in [-0.1, -0.05) is 28.7 Å². The third-order valence-corrected chi connectivity index (χ3v) is 6.21. The molecule has 0 aliphatic rings. The molecule has 0 atom stereocenters. The van der Waals surface area contributed by atoms with Crippen molar-refractivity contribution in [1.29, 1.82) is 5.26 Å². The lowest BCUT2D eigenvalue weighted by Gasteiger charge is -2.18. The van der Waals surface area contributed by atoms with Gasteiger partial charge in [0.1, 0.15) is 28.9 Å². The molecular formula is C26H25IN6O3. The maximum absolute atomic E-state index is 12.6. The van der Waals surface area contributed by atoms with Gasteiger partial charge in [0.15, 0.2) is 5.82 Å². The fourth-order valence-electron chi connectivity index (χ4n) is 3.63. The molecule has 0 radical (unpaired) electrons. The van der Waals surface area contributed by atoms with Gasteiger partial charge in [-0.15, -0.1) is 0 Å². The summed E-state index contributed by atoms with van der Waals surface area (Å²) in [4.78, 5) is 21.3.